The second kappa shape index (κ2) is 10.1. The molecule has 1 aliphatic rings. The molecule has 0 radical (unpaired) electrons. The van der Waals surface area contributed by atoms with E-state index in [0.717, 1.165) is 11.1 Å². The van der Waals surface area contributed by atoms with E-state index in [1.54, 1.807) is 26.4 Å². The predicted octanol–water partition coefficient (Wildman–Crippen LogP) is 2.54. The van der Waals surface area contributed by atoms with E-state index in [9.17, 15) is 14.7 Å². The predicted molar refractivity (Wildman–Crippen MR) is 111 cm³/mol. The van der Waals surface area contributed by atoms with Crippen LogP contribution in [0, 0.1) is 11.8 Å². The molecule has 8 nitrogen and oxygen atoms in total. The fourth-order valence-corrected chi connectivity index (χ4v) is 3.62. The van der Waals surface area contributed by atoms with Crippen LogP contribution in [-0.4, -0.2) is 51.6 Å². The molecular formula is C23H26O8. The van der Waals surface area contributed by atoms with Gasteiger partial charge in [0, 0.05) is 5.92 Å². The lowest BCUT2D eigenvalue weighted by Crippen LogP contribution is -2.20. The number of esters is 2. The lowest BCUT2D eigenvalue weighted by molar-refractivity contribution is -0.143. The minimum Gasteiger partial charge on any atom is -0.504 e. The lowest BCUT2D eigenvalue weighted by Gasteiger charge is -2.17. The first-order valence-electron chi connectivity index (χ1n) is 9.84. The molecule has 3 rings (SSSR count). The number of hydrogen-bond donors (Lipinski definition) is 1. The van der Waals surface area contributed by atoms with Crippen molar-refractivity contribution in [2.24, 2.45) is 11.8 Å². The van der Waals surface area contributed by atoms with Gasteiger partial charge in [-0.3, -0.25) is 4.79 Å². The van der Waals surface area contributed by atoms with Gasteiger partial charge in [-0.05, 0) is 48.2 Å². The van der Waals surface area contributed by atoms with Crippen LogP contribution in [0.2, 0.25) is 0 Å². The highest BCUT2D eigenvalue weighted by Crippen LogP contribution is 2.34. The molecule has 0 aromatic heterocycles. The van der Waals surface area contributed by atoms with Crippen LogP contribution in [0.25, 0.3) is 0 Å². The van der Waals surface area contributed by atoms with E-state index in [-0.39, 0.29) is 35.9 Å². The molecule has 0 saturated carbocycles. The Morgan fingerprint density at radius 3 is 2.39 bits per heavy atom. The molecule has 1 N–H and O–H groups in total. The van der Waals surface area contributed by atoms with Crippen LogP contribution in [0.3, 0.4) is 0 Å². The summed E-state index contributed by atoms with van der Waals surface area (Å²) >= 11 is 0. The number of benzene rings is 2. The van der Waals surface area contributed by atoms with E-state index in [1.165, 1.54) is 13.2 Å². The molecule has 0 aliphatic carbocycles. The van der Waals surface area contributed by atoms with Gasteiger partial charge in [-0.25, -0.2) is 4.79 Å². The summed E-state index contributed by atoms with van der Waals surface area (Å²) in [5.41, 5.74) is 1.80. The minimum atomic E-state index is -0.556. The summed E-state index contributed by atoms with van der Waals surface area (Å²) < 4.78 is 25.8. The van der Waals surface area contributed by atoms with Crippen molar-refractivity contribution < 1.29 is 38.4 Å². The Hall–Kier alpha value is -3.42. The third kappa shape index (κ3) is 5.39. The summed E-state index contributed by atoms with van der Waals surface area (Å²) in [6.07, 6.45) is 1.06. The largest absolute Gasteiger partial charge is 0.504 e. The van der Waals surface area contributed by atoms with Gasteiger partial charge >= 0.3 is 11.9 Å². The molecular weight excluding hydrogens is 404 g/mol. The van der Waals surface area contributed by atoms with Gasteiger partial charge in [-0.15, -0.1) is 0 Å². The zero-order valence-electron chi connectivity index (χ0n) is 17.8. The molecule has 2 aromatic rings. The number of carbonyl (C=O) groups excluding carboxylic acids is 2. The Bertz CT molecular complexity index is 939. The van der Waals surface area contributed by atoms with Crippen molar-refractivity contribution in [2.45, 2.75) is 12.8 Å². The van der Waals surface area contributed by atoms with E-state index in [4.69, 9.17) is 18.9 Å². The molecule has 0 unspecified atom stereocenters. The number of carbonyl (C=O) groups is 2. The van der Waals surface area contributed by atoms with Gasteiger partial charge < -0.3 is 28.8 Å². The summed E-state index contributed by atoms with van der Waals surface area (Å²) in [5, 5.41) is 9.98. The molecule has 0 spiro atoms. The van der Waals surface area contributed by atoms with Crippen molar-refractivity contribution in [3.63, 3.8) is 0 Å². The van der Waals surface area contributed by atoms with E-state index in [0.29, 0.717) is 30.9 Å². The van der Waals surface area contributed by atoms with Crippen molar-refractivity contribution in [1.29, 1.82) is 0 Å². The Balaban J connectivity index is 1.73. The SMILES string of the molecule is COC(=O)COc1cc(C[C@H]2C(=O)OC[C@@H]2Cc2ccc(OC)c(OC)c2)ccc1O. The summed E-state index contributed by atoms with van der Waals surface area (Å²) in [5.74, 6) is 0.173. The maximum Gasteiger partial charge on any atom is 0.343 e. The Morgan fingerprint density at radius 1 is 1.00 bits per heavy atom. The maximum atomic E-state index is 12.4. The van der Waals surface area contributed by atoms with E-state index >= 15 is 0 Å². The fraction of sp³-hybridized carbons (Fsp3) is 0.391. The minimum absolute atomic E-state index is 0.0150. The van der Waals surface area contributed by atoms with Gasteiger partial charge in [0.05, 0.1) is 33.9 Å². The van der Waals surface area contributed by atoms with Crippen molar-refractivity contribution in [1.82, 2.24) is 0 Å². The van der Waals surface area contributed by atoms with Crippen molar-refractivity contribution in [3.8, 4) is 23.0 Å². The number of rotatable bonds is 9. The second-order valence-electron chi connectivity index (χ2n) is 7.26. The second-order valence-corrected chi connectivity index (χ2v) is 7.26. The molecule has 2 aromatic carbocycles. The van der Waals surface area contributed by atoms with Gasteiger partial charge in [0.1, 0.15) is 0 Å². The highest BCUT2D eigenvalue weighted by Gasteiger charge is 2.37. The lowest BCUT2D eigenvalue weighted by atomic mass is 9.85. The standard InChI is InChI=1S/C23H26O8/c1-27-19-7-5-14(11-21(19)28-2)8-16-12-31-23(26)17(16)9-15-4-6-18(24)20(10-15)30-13-22(25)29-3/h4-7,10-11,16-17,24H,8-9,12-13H2,1-3H3/t16-,17+/m0/s1. The van der Waals surface area contributed by atoms with Gasteiger partial charge in [0.2, 0.25) is 0 Å². The average Bonchev–Trinajstić information content (AvgIpc) is 3.12. The van der Waals surface area contributed by atoms with Crippen LogP contribution in [0.5, 0.6) is 23.0 Å². The number of phenols is 1. The van der Waals surface area contributed by atoms with E-state index < -0.39 is 5.97 Å². The Labute approximate surface area is 180 Å². The Kier molecular flexibility index (Phi) is 7.23. The molecule has 1 fully saturated rings. The van der Waals surface area contributed by atoms with Gasteiger partial charge in [-0.1, -0.05) is 12.1 Å². The number of methoxy groups -OCH3 is 3. The third-order valence-electron chi connectivity index (χ3n) is 5.31. The van der Waals surface area contributed by atoms with Crippen LogP contribution >= 0.6 is 0 Å². The zero-order chi connectivity index (χ0) is 22.4. The van der Waals surface area contributed by atoms with Crippen molar-refractivity contribution in [2.75, 3.05) is 34.5 Å². The van der Waals surface area contributed by atoms with Crippen LogP contribution in [0.1, 0.15) is 11.1 Å². The first-order valence-corrected chi connectivity index (χ1v) is 9.84. The molecule has 1 saturated heterocycles. The van der Waals surface area contributed by atoms with Gasteiger partial charge in [0.25, 0.3) is 0 Å². The van der Waals surface area contributed by atoms with Crippen LogP contribution < -0.4 is 14.2 Å². The topological polar surface area (TPSA) is 101 Å². The number of hydrogen-bond acceptors (Lipinski definition) is 8. The van der Waals surface area contributed by atoms with Crippen LogP contribution in [0.15, 0.2) is 36.4 Å². The summed E-state index contributed by atoms with van der Waals surface area (Å²) in [7, 11) is 4.42. The van der Waals surface area contributed by atoms with Crippen LogP contribution in [-0.2, 0) is 31.9 Å². The monoisotopic (exact) mass is 430 g/mol. The summed E-state index contributed by atoms with van der Waals surface area (Å²) in [4.78, 5) is 23.7. The first-order chi connectivity index (χ1) is 14.9. The summed E-state index contributed by atoms with van der Waals surface area (Å²) in [6.45, 7) is 0.0164. The molecule has 31 heavy (non-hydrogen) atoms. The maximum absolute atomic E-state index is 12.4. The van der Waals surface area contributed by atoms with Gasteiger partial charge in [-0.2, -0.15) is 0 Å². The van der Waals surface area contributed by atoms with Crippen LogP contribution in [0.4, 0.5) is 0 Å². The number of aromatic hydroxyl groups is 1. The zero-order valence-corrected chi connectivity index (χ0v) is 17.8. The molecule has 0 amide bonds. The van der Waals surface area contributed by atoms with E-state index in [2.05, 4.69) is 4.74 Å². The third-order valence-corrected chi connectivity index (χ3v) is 5.31. The van der Waals surface area contributed by atoms with Crippen molar-refractivity contribution >= 4 is 11.9 Å². The van der Waals surface area contributed by atoms with E-state index in [1.807, 2.05) is 18.2 Å². The smallest absolute Gasteiger partial charge is 0.343 e. The average molecular weight is 430 g/mol. The fourth-order valence-electron chi connectivity index (χ4n) is 3.62. The quantitative estimate of drug-likeness (QED) is 0.606. The highest BCUT2D eigenvalue weighted by atomic mass is 16.6. The van der Waals surface area contributed by atoms with Gasteiger partial charge in [0.15, 0.2) is 29.6 Å². The highest BCUT2D eigenvalue weighted by molar-refractivity contribution is 5.75. The Morgan fingerprint density at radius 2 is 1.68 bits per heavy atom. The normalized spacial score (nSPS) is 17.7. The molecule has 1 aliphatic heterocycles. The first kappa shape index (κ1) is 22.3. The molecule has 1 heterocycles. The molecule has 0 bridgehead atoms. The molecule has 8 heteroatoms. The number of cyclic esters (lactones) is 1. The number of phenolic OH excluding ortho intramolecular Hbond substituents is 1. The molecule has 166 valence electrons. The summed E-state index contributed by atoms with van der Waals surface area (Å²) in [6, 6.07) is 10.5. The van der Waals surface area contributed by atoms with Crippen molar-refractivity contribution in [3.05, 3.63) is 47.5 Å². The number of ether oxygens (including phenoxy) is 5. The molecule has 2 atom stereocenters.